The van der Waals surface area contributed by atoms with E-state index in [1.165, 1.54) is 11.8 Å². The smallest absolute Gasteiger partial charge is 0.326 e. The highest BCUT2D eigenvalue weighted by atomic mass is 19.4. The summed E-state index contributed by atoms with van der Waals surface area (Å²) in [5.74, 6) is 0. The van der Waals surface area contributed by atoms with E-state index in [2.05, 4.69) is 0 Å². The van der Waals surface area contributed by atoms with Gasteiger partial charge in [-0.2, -0.15) is 18.4 Å². The molecule has 16 heavy (non-hydrogen) atoms. The van der Waals surface area contributed by atoms with Crippen LogP contribution in [0.1, 0.15) is 27.2 Å². The average Bonchev–Trinajstić information content (AvgIpc) is 2.08. The van der Waals surface area contributed by atoms with Gasteiger partial charge in [0.1, 0.15) is 6.04 Å². The van der Waals surface area contributed by atoms with Crippen molar-refractivity contribution >= 4 is 0 Å². The number of alkyl halides is 3. The molecule has 0 aromatic carbocycles. The maximum atomic E-state index is 12.8. The van der Waals surface area contributed by atoms with E-state index >= 15 is 0 Å². The minimum absolute atomic E-state index is 0.0669. The highest BCUT2D eigenvalue weighted by Crippen LogP contribution is 2.28. The van der Waals surface area contributed by atoms with Crippen LogP contribution in [0.2, 0.25) is 0 Å². The second-order valence-electron chi connectivity index (χ2n) is 4.09. The van der Waals surface area contributed by atoms with Gasteiger partial charge in [0.25, 0.3) is 0 Å². The predicted molar refractivity (Wildman–Crippen MR) is 55.6 cm³/mol. The summed E-state index contributed by atoms with van der Waals surface area (Å²) >= 11 is 0. The van der Waals surface area contributed by atoms with Crippen molar-refractivity contribution in [1.29, 1.82) is 5.26 Å². The molecule has 0 aliphatic rings. The van der Waals surface area contributed by atoms with Gasteiger partial charge in [-0.25, -0.2) is 0 Å². The number of nitriles is 1. The van der Waals surface area contributed by atoms with Crippen LogP contribution in [0.15, 0.2) is 0 Å². The molecular weight excluding hydrogens is 219 g/mol. The highest BCUT2D eigenvalue weighted by molar-refractivity contribution is 4.89. The Kier molecular flexibility index (Phi) is 5.76. The number of halogens is 3. The molecule has 0 aliphatic carbocycles. The third-order valence-electron chi connectivity index (χ3n) is 2.34. The monoisotopic (exact) mass is 237 g/mol. The second-order valence-corrected chi connectivity index (χ2v) is 4.09. The van der Waals surface area contributed by atoms with E-state index in [0.717, 1.165) is 0 Å². The fourth-order valence-corrected chi connectivity index (χ4v) is 1.69. The van der Waals surface area contributed by atoms with Gasteiger partial charge >= 0.3 is 6.18 Å². The normalized spacial score (nSPS) is 16.2. The molecule has 0 radical (unpaired) electrons. The molecule has 6 heteroatoms. The first kappa shape index (κ1) is 15.2. The van der Waals surface area contributed by atoms with Gasteiger partial charge in [-0.15, -0.1) is 0 Å². The summed E-state index contributed by atoms with van der Waals surface area (Å²) in [5.41, 5.74) is 5.39. The molecule has 94 valence electrons. The lowest BCUT2D eigenvalue weighted by molar-refractivity contribution is -0.192. The number of nitrogens with two attached hydrogens (primary N) is 1. The zero-order chi connectivity index (χ0) is 12.9. The summed E-state index contributed by atoms with van der Waals surface area (Å²) < 4.78 is 38.4. The van der Waals surface area contributed by atoms with Crippen molar-refractivity contribution in [3.63, 3.8) is 0 Å². The van der Waals surface area contributed by atoms with E-state index in [4.69, 9.17) is 11.0 Å². The lowest BCUT2D eigenvalue weighted by atomic mass is 10.1. The standard InChI is InChI=1S/C10H18F3N3/c1-7(2)16(6-4-5-14)9(8(3)15)10(11,12)13/h7-9H,4,6,15H2,1-3H3. The van der Waals surface area contributed by atoms with Crippen LogP contribution in [0, 0.1) is 11.3 Å². The van der Waals surface area contributed by atoms with Gasteiger partial charge in [0.2, 0.25) is 0 Å². The van der Waals surface area contributed by atoms with Crippen molar-refractivity contribution in [1.82, 2.24) is 4.90 Å². The van der Waals surface area contributed by atoms with Crippen LogP contribution >= 0.6 is 0 Å². The Balaban J connectivity index is 4.90. The fraction of sp³-hybridized carbons (Fsp3) is 0.900. The molecule has 0 heterocycles. The zero-order valence-corrected chi connectivity index (χ0v) is 9.75. The summed E-state index contributed by atoms with van der Waals surface area (Å²) in [7, 11) is 0. The Hall–Kier alpha value is -0.800. The summed E-state index contributed by atoms with van der Waals surface area (Å²) in [4.78, 5) is 1.23. The lowest BCUT2D eigenvalue weighted by Gasteiger charge is -2.37. The quantitative estimate of drug-likeness (QED) is 0.794. The van der Waals surface area contributed by atoms with E-state index in [9.17, 15) is 13.2 Å². The maximum Gasteiger partial charge on any atom is 0.405 e. The molecule has 0 rings (SSSR count). The van der Waals surface area contributed by atoms with E-state index in [1.54, 1.807) is 13.8 Å². The summed E-state index contributed by atoms with van der Waals surface area (Å²) in [6.45, 7) is 4.75. The molecule has 0 fully saturated rings. The Morgan fingerprint density at radius 1 is 1.31 bits per heavy atom. The number of hydrogen-bond donors (Lipinski definition) is 1. The van der Waals surface area contributed by atoms with Crippen molar-refractivity contribution in [3.05, 3.63) is 0 Å². The van der Waals surface area contributed by atoms with Crippen molar-refractivity contribution < 1.29 is 13.2 Å². The van der Waals surface area contributed by atoms with Gasteiger partial charge in [-0.05, 0) is 20.8 Å². The van der Waals surface area contributed by atoms with Gasteiger partial charge in [0.05, 0.1) is 6.07 Å². The Bertz CT molecular complexity index is 243. The molecule has 2 N–H and O–H groups in total. The molecular formula is C10H18F3N3. The Labute approximate surface area is 94.0 Å². The SMILES string of the molecule is CC(N)C(N(CCC#N)C(C)C)C(F)(F)F. The molecule has 0 amide bonds. The molecule has 0 aromatic heterocycles. The van der Waals surface area contributed by atoms with Crippen LogP contribution in [0.25, 0.3) is 0 Å². The van der Waals surface area contributed by atoms with Gasteiger partial charge < -0.3 is 5.73 Å². The van der Waals surface area contributed by atoms with Crippen molar-refractivity contribution in [3.8, 4) is 6.07 Å². The molecule has 0 saturated carbocycles. The first-order valence-electron chi connectivity index (χ1n) is 5.16. The summed E-state index contributed by atoms with van der Waals surface area (Å²) in [5, 5.41) is 8.43. The van der Waals surface area contributed by atoms with E-state index in [0.29, 0.717) is 0 Å². The zero-order valence-electron chi connectivity index (χ0n) is 9.75. The van der Waals surface area contributed by atoms with Gasteiger partial charge in [-0.3, -0.25) is 4.90 Å². The van der Waals surface area contributed by atoms with Crippen LogP contribution < -0.4 is 5.73 Å². The molecule has 3 nitrogen and oxygen atoms in total. The minimum Gasteiger partial charge on any atom is -0.326 e. The van der Waals surface area contributed by atoms with Crippen molar-refractivity contribution in [2.24, 2.45) is 5.73 Å². The number of hydrogen-bond acceptors (Lipinski definition) is 3. The van der Waals surface area contributed by atoms with Crippen molar-refractivity contribution in [2.75, 3.05) is 6.54 Å². The largest absolute Gasteiger partial charge is 0.405 e. The van der Waals surface area contributed by atoms with Crippen LogP contribution in [0.3, 0.4) is 0 Å². The third-order valence-corrected chi connectivity index (χ3v) is 2.34. The lowest BCUT2D eigenvalue weighted by Crippen LogP contribution is -2.57. The topological polar surface area (TPSA) is 53.0 Å². The van der Waals surface area contributed by atoms with Gasteiger partial charge in [0, 0.05) is 25.0 Å². The number of nitrogens with zero attached hydrogens (tertiary/aromatic N) is 2. The van der Waals surface area contributed by atoms with Crippen LogP contribution in [-0.4, -0.2) is 35.7 Å². The predicted octanol–water partition coefficient (Wildman–Crippen LogP) is 1.89. The molecule has 0 spiro atoms. The van der Waals surface area contributed by atoms with E-state index in [-0.39, 0.29) is 19.0 Å². The summed E-state index contributed by atoms with van der Waals surface area (Å²) in [6.07, 6.45) is -4.30. The van der Waals surface area contributed by atoms with Crippen LogP contribution in [0.5, 0.6) is 0 Å². The van der Waals surface area contributed by atoms with Crippen LogP contribution in [-0.2, 0) is 0 Å². The van der Waals surface area contributed by atoms with E-state index in [1.807, 2.05) is 6.07 Å². The number of rotatable bonds is 5. The first-order chi connectivity index (χ1) is 7.21. The Morgan fingerprint density at radius 3 is 2.06 bits per heavy atom. The van der Waals surface area contributed by atoms with Crippen LogP contribution in [0.4, 0.5) is 13.2 Å². The minimum atomic E-state index is -4.37. The average molecular weight is 237 g/mol. The molecule has 0 bridgehead atoms. The second kappa shape index (κ2) is 6.06. The molecule has 2 atom stereocenters. The molecule has 0 aliphatic heterocycles. The third kappa shape index (κ3) is 4.37. The van der Waals surface area contributed by atoms with Gasteiger partial charge in [0.15, 0.2) is 0 Å². The van der Waals surface area contributed by atoms with E-state index < -0.39 is 18.3 Å². The van der Waals surface area contributed by atoms with Gasteiger partial charge in [-0.1, -0.05) is 0 Å². The molecule has 0 saturated heterocycles. The molecule has 2 unspecified atom stereocenters. The Morgan fingerprint density at radius 2 is 1.81 bits per heavy atom. The maximum absolute atomic E-state index is 12.8. The highest BCUT2D eigenvalue weighted by Gasteiger charge is 2.46. The van der Waals surface area contributed by atoms with Crippen molar-refractivity contribution in [2.45, 2.75) is 51.5 Å². The first-order valence-corrected chi connectivity index (χ1v) is 5.16. The molecule has 0 aromatic rings. The fourth-order valence-electron chi connectivity index (χ4n) is 1.69. The summed E-state index contributed by atoms with van der Waals surface area (Å²) in [6, 6.07) is -1.16.